The molecule has 4 heteroatoms. The molecule has 0 unspecified atom stereocenters. The third-order valence-electron chi connectivity index (χ3n) is 3.63. The molecule has 0 amide bonds. The van der Waals surface area contributed by atoms with Crippen molar-refractivity contribution in [3.63, 3.8) is 0 Å². The smallest absolute Gasteiger partial charge is 0.192 e. The maximum Gasteiger partial charge on any atom is 0.192 e. The van der Waals surface area contributed by atoms with Gasteiger partial charge in [-0.15, -0.1) is 0 Å². The maximum absolute atomic E-state index is 6.17. The number of rotatable bonds is 3. The second-order valence-electron chi connectivity index (χ2n) is 6.08. The van der Waals surface area contributed by atoms with Crippen molar-refractivity contribution < 1.29 is 4.43 Å². The predicted octanol–water partition coefficient (Wildman–Crippen LogP) is 3.49. The topological polar surface area (TPSA) is 48.1 Å². The lowest BCUT2D eigenvalue weighted by Gasteiger charge is -2.36. The van der Waals surface area contributed by atoms with Crippen LogP contribution >= 0.6 is 0 Å². The average molecular weight is 252 g/mol. The van der Waals surface area contributed by atoms with Gasteiger partial charge in [-0.2, -0.15) is 0 Å². The summed E-state index contributed by atoms with van der Waals surface area (Å²) in [5.74, 6) is 0.560. The number of anilines is 1. The molecule has 3 nitrogen and oxygen atoms in total. The number of hydrogen-bond donors (Lipinski definition) is 1. The Morgan fingerprint density at radius 3 is 2.47 bits per heavy atom. The van der Waals surface area contributed by atoms with Crippen LogP contribution in [0.25, 0.3) is 0 Å². The first-order valence-electron chi connectivity index (χ1n) is 5.98. The fraction of sp³-hybridized carbons (Fsp3) is 0.615. The minimum Gasteiger partial charge on any atom is -0.413 e. The third-order valence-corrected chi connectivity index (χ3v) is 8.11. The Labute approximate surface area is 106 Å². The second kappa shape index (κ2) is 4.78. The average Bonchev–Trinajstić information content (AvgIpc) is 2.18. The molecule has 0 saturated carbocycles. The van der Waals surface area contributed by atoms with Crippen molar-refractivity contribution in [3.8, 4) is 0 Å². The van der Waals surface area contributed by atoms with Crippen molar-refractivity contribution in [2.45, 2.75) is 52.4 Å². The van der Waals surface area contributed by atoms with Gasteiger partial charge in [0.15, 0.2) is 8.32 Å². The van der Waals surface area contributed by atoms with E-state index in [1.54, 1.807) is 6.20 Å². The molecule has 1 rings (SSSR count). The molecule has 1 aromatic rings. The molecule has 17 heavy (non-hydrogen) atoms. The van der Waals surface area contributed by atoms with Gasteiger partial charge in [-0.1, -0.05) is 20.8 Å². The van der Waals surface area contributed by atoms with Gasteiger partial charge >= 0.3 is 0 Å². The fourth-order valence-electron chi connectivity index (χ4n) is 1.21. The van der Waals surface area contributed by atoms with E-state index in [0.29, 0.717) is 12.4 Å². The number of nitrogens with zero attached hydrogens (tertiary/aromatic N) is 1. The van der Waals surface area contributed by atoms with E-state index in [-0.39, 0.29) is 5.04 Å². The highest BCUT2D eigenvalue weighted by molar-refractivity contribution is 6.74. The predicted molar refractivity (Wildman–Crippen MR) is 75.4 cm³/mol. The van der Waals surface area contributed by atoms with Crippen LogP contribution in [0.3, 0.4) is 0 Å². The second-order valence-corrected chi connectivity index (χ2v) is 10.9. The van der Waals surface area contributed by atoms with E-state index in [1.807, 2.05) is 13.0 Å². The molecule has 1 heterocycles. The van der Waals surface area contributed by atoms with Gasteiger partial charge in [-0.25, -0.2) is 4.98 Å². The van der Waals surface area contributed by atoms with E-state index in [4.69, 9.17) is 10.2 Å². The summed E-state index contributed by atoms with van der Waals surface area (Å²) >= 11 is 0. The Hall–Kier alpha value is -0.873. The van der Waals surface area contributed by atoms with Crippen molar-refractivity contribution >= 4 is 14.1 Å². The van der Waals surface area contributed by atoms with E-state index in [2.05, 4.69) is 38.8 Å². The summed E-state index contributed by atoms with van der Waals surface area (Å²) in [6, 6.07) is 1.91. The number of aromatic nitrogens is 1. The molecule has 2 N–H and O–H groups in total. The molecule has 0 saturated heterocycles. The first-order valence-corrected chi connectivity index (χ1v) is 8.89. The summed E-state index contributed by atoms with van der Waals surface area (Å²) < 4.78 is 6.17. The molecule has 0 bridgehead atoms. The quantitative estimate of drug-likeness (QED) is 0.838. The number of nitrogen functional groups attached to an aromatic ring is 1. The largest absolute Gasteiger partial charge is 0.413 e. The van der Waals surface area contributed by atoms with Gasteiger partial charge in [0, 0.05) is 6.20 Å². The highest BCUT2D eigenvalue weighted by Gasteiger charge is 2.37. The Bertz CT molecular complexity index is 397. The molecule has 0 aromatic carbocycles. The molecule has 0 fully saturated rings. The van der Waals surface area contributed by atoms with Crippen molar-refractivity contribution in [1.29, 1.82) is 0 Å². The zero-order chi connectivity index (χ0) is 13.3. The fourth-order valence-corrected chi connectivity index (χ4v) is 2.16. The lowest BCUT2D eigenvalue weighted by molar-refractivity contribution is 0.275. The zero-order valence-corrected chi connectivity index (χ0v) is 12.8. The van der Waals surface area contributed by atoms with Crippen LogP contribution in [0, 0.1) is 6.92 Å². The normalized spacial score (nSPS) is 12.8. The van der Waals surface area contributed by atoms with Gasteiger partial charge < -0.3 is 10.2 Å². The Morgan fingerprint density at radius 2 is 1.94 bits per heavy atom. The SMILES string of the molecule is Cc1cnc(N)cc1CO[Si](C)(C)C(C)(C)C. The van der Waals surface area contributed by atoms with Crippen LogP contribution in [0.2, 0.25) is 18.1 Å². The zero-order valence-electron chi connectivity index (χ0n) is 11.8. The highest BCUT2D eigenvalue weighted by atomic mass is 28.4. The Morgan fingerprint density at radius 1 is 1.35 bits per heavy atom. The molecule has 0 spiro atoms. The van der Waals surface area contributed by atoms with Crippen LogP contribution in [-0.2, 0) is 11.0 Å². The minimum absolute atomic E-state index is 0.236. The number of nitrogens with two attached hydrogens (primary N) is 1. The minimum atomic E-state index is -1.69. The summed E-state index contributed by atoms with van der Waals surface area (Å²) in [5.41, 5.74) is 7.98. The molecular formula is C13H24N2OSi. The van der Waals surface area contributed by atoms with Crippen LogP contribution in [0.5, 0.6) is 0 Å². The van der Waals surface area contributed by atoms with E-state index < -0.39 is 8.32 Å². The summed E-state index contributed by atoms with van der Waals surface area (Å²) in [7, 11) is -1.69. The Kier molecular flexibility index (Phi) is 3.99. The molecule has 0 aliphatic heterocycles. The summed E-state index contributed by atoms with van der Waals surface area (Å²) in [6.45, 7) is 13.9. The summed E-state index contributed by atoms with van der Waals surface area (Å²) in [5, 5.41) is 0.236. The van der Waals surface area contributed by atoms with E-state index in [9.17, 15) is 0 Å². The van der Waals surface area contributed by atoms with Gasteiger partial charge in [-0.05, 0) is 42.2 Å². The summed E-state index contributed by atoms with van der Waals surface area (Å²) in [4.78, 5) is 4.07. The molecule has 0 aliphatic rings. The van der Waals surface area contributed by atoms with Crippen molar-refractivity contribution in [3.05, 3.63) is 23.4 Å². The maximum atomic E-state index is 6.17. The van der Waals surface area contributed by atoms with Crippen LogP contribution in [0.4, 0.5) is 5.82 Å². The van der Waals surface area contributed by atoms with Crippen molar-refractivity contribution in [1.82, 2.24) is 4.98 Å². The van der Waals surface area contributed by atoms with Gasteiger partial charge in [0.2, 0.25) is 0 Å². The third kappa shape index (κ3) is 3.54. The lowest BCUT2D eigenvalue weighted by atomic mass is 10.2. The van der Waals surface area contributed by atoms with E-state index in [1.165, 1.54) is 0 Å². The molecule has 1 aromatic heterocycles. The summed E-state index contributed by atoms with van der Waals surface area (Å²) in [6.07, 6.45) is 1.81. The van der Waals surface area contributed by atoms with Gasteiger partial charge in [0.1, 0.15) is 5.82 Å². The van der Waals surface area contributed by atoms with Crippen LogP contribution in [0.1, 0.15) is 31.9 Å². The lowest BCUT2D eigenvalue weighted by Crippen LogP contribution is -2.40. The van der Waals surface area contributed by atoms with Crippen molar-refractivity contribution in [2.24, 2.45) is 0 Å². The highest BCUT2D eigenvalue weighted by Crippen LogP contribution is 2.37. The Balaban J connectivity index is 2.77. The van der Waals surface area contributed by atoms with Crippen LogP contribution < -0.4 is 5.73 Å². The van der Waals surface area contributed by atoms with Crippen LogP contribution in [-0.4, -0.2) is 13.3 Å². The number of aryl methyl sites for hydroxylation is 1. The van der Waals surface area contributed by atoms with E-state index in [0.717, 1.165) is 11.1 Å². The van der Waals surface area contributed by atoms with Gasteiger partial charge in [0.25, 0.3) is 0 Å². The van der Waals surface area contributed by atoms with Gasteiger partial charge in [-0.3, -0.25) is 0 Å². The molecule has 0 atom stereocenters. The van der Waals surface area contributed by atoms with Gasteiger partial charge in [0.05, 0.1) is 6.61 Å². The number of hydrogen-bond acceptors (Lipinski definition) is 3. The molecule has 0 radical (unpaired) electrons. The first kappa shape index (κ1) is 14.2. The number of pyridine rings is 1. The molecule has 0 aliphatic carbocycles. The standard InChI is InChI=1S/C13H24N2OSi/c1-10-8-15-12(14)7-11(10)9-16-17(5,6)13(2,3)4/h7-8H,9H2,1-6H3,(H2,14,15). The molecular weight excluding hydrogens is 228 g/mol. The first-order chi connectivity index (χ1) is 7.63. The van der Waals surface area contributed by atoms with Crippen LogP contribution in [0.15, 0.2) is 12.3 Å². The van der Waals surface area contributed by atoms with E-state index >= 15 is 0 Å². The molecule has 96 valence electrons. The monoisotopic (exact) mass is 252 g/mol. The van der Waals surface area contributed by atoms with Crippen molar-refractivity contribution in [2.75, 3.05) is 5.73 Å².